The van der Waals surface area contributed by atoms with Gasteiger partial charge in [0.1, 0.15) is 78.9 Å². The van der Waals surface area contributed by atoms with Crippen molar-refractivity contribution in [2.45, 2.75) is 73.9 Å². The molecular weight excluding hydrogens is 676 g/mol. The average Bonchev–Trinajstić information content (AvgIpc) is 3.08. The monoisotopic (exact) mass is 709 g/mol. The number of benzene rings is 2. The fraction of sp³-hybridized carbons (Fsp3) is 0.452. The van der Waals surface area contributed by atoms with Crippen molar-refractivity contribution in [1.82, 2.24) is 0 Å². The van der Waals surface area contributed by atoms with Crippen molar-refractivity contribution in [2.24, 2.45) is 0 Å². The third-order valence-electron chi connectivity index (χ3n) is 8.29. The standard InChI is InChI=1S/C31H32O19/c32-11-4-16-12-6-18(28(46-16)10-1-2-13(33)14(34)3-10)48-31-27(42)24(39)22(37)19(49-31)8-44-21(36)7-15(35)29(43)45-9-20-23(38)25(40)26(41)30(50-20)47-17(12)5-11/h1-6,15,19-20,22-27,30-31,35,37-42H,7-9H2,(H2-,32,33,34)/p+1/t15?,19-,20-,22-,23-,24+,25+,26-,27-,30-,31-/m1/s1. The smallest absolute Gasteiger partial charge is 0.402 e. The van der Waals surface area contributed by atoms with E-state index in [0.717, 1.165) is 24.3 Å². The lowest BCUT2D eigenvalue weighted by atomic mass is 9.99. The first-order valence-electron chi connectivity index (χ1n) is 15.1. The molecule has 19 heteroatoms. The summed E-state index contributed by atoms with van der Waals surface area (Å²) in [5.74, 6) is -4.77. The zero-order chi connectivity index (χ0) is 36.0. The Labute approximate surface area is 280 Å². The zero-order valence-corrected chi connectivity index (χ0v) is 25.6. The van der Waals surface area contributed by atoms with E-state index in [1.54, 1.807) is 0 Å². The van der Waals surface area contributed by atoms with Crippen molar-refractivity contribution in [1.29, 1.82) is 0 Å². The molecule has 50 heavy (non-hydrogen) atoms. The highest BCUT2D eigenvalue weighted by atomic mass is 16.7. The number of phenolic OH excluding ortho intramolecular Hbond substituents is 3. The molecule has 10 N–H and O–H groups in total. The number of aromatic hydroxyl groups is 3. The summed E-state index contributed by atoms with van der Waals surface area (Å²) in [5.41, 5.74) is -0.0410. The van der Waals surface area contributed by atoms with Crippen molar-refractivity contribution in [3.63, 3.8) is 0 Å². The Balaban J connectivity index is 1.47. The molecule has 1 aromatic heterocycles. The lowest BCUT2D eigenvalue weighted by molar-refractivity contribution is -0.279. The van der Waals surface area contributed by atoms with Gasteiger partial charge in [-0.25, -0.2) is 9.21 Å². The Morgan fingerprint density at radius 3 is 1.86 bits per heavy atom. The van der Waals surface area contributed by atoms with Crippen LogP contribution in [0.5, 0.6) is 28.7 Å². The van der Waals surface area contributed by atoms with E-state index in [1.165, 1.54) is 12.1 Å². The molecule has 3 aliphatic heterocycles. The lowest BCUT2D eigenvalue weighted by Gasteiger charge is -2.40. The number of carbonyl (C=O) groups excluding carboxylic acids is 2. The third-order valence-corrected chi connectivity index (χ3v) is 8.29. The van der Waals surface area contributed by atoms with E-state index >= 15 is 0 Å². The number of aliphatic hydroxyl groups is 7. The van der Waals surface area contributed by atoms with E-state index in [1.807, 2.05) is 0 Å². The Morgan fingerprint density at radius 1 is 0.640 bits per heavy atom. The maximum Gasteiger partial charge on any atom is 0.402 e. The minimum absolute atomic E-state index is 0.0159. The number of rotatable bonds is 1. The maximum absolute atomic E-state index is 12.4. The number of carbonyl (C=O) groups is 2. The molecule has 0 saturated carbocycles. The van der Waals surface area contributed by atoms with Gasteiger partial charge in [-0.1, -0.05) is 0 Å². The van der Waals surface area contributed by atoms with E-state index < -0.39 is 116 Å². The van der Waals surface area contributed by atoms with Crippen LogP contribution in [-0.2, 0) is 28.5 Å². The van der Waals surface area contributed by atoms with Crippen LogP contribution in [0.4, 0.5) is 0 Å². The molecule has 6 rings (SSSR count). The number of hydrogen-bond donors (Lipinski definition) is 10. The molecule has 0 radical (unpaired) electrons. The van der Waals surface area contributed by atoms with Crippen LogP contribution in [0.25, 0.3) is 22.3 Å². The van der Waals surface area contributed by atoms with Gasteiger partial charge in [-0.2, -0.15) is 0 Å². The number of esters is 2. The fourth-order valence-corrected chi connectivity index (χ4v) is 5.51. The first-order chi connectivity index (χ1) is 23.7. The second-order valence-electron chi connectivity index (χ2n) is 11.8. The highest BCUT2D eigenvalue weighted by Crippen LogP contribution is 2.43. The third kappa shape index (κ3) is 6.90. The van der Waals surface area contributed by atoms with Gasteiger partial charge in [-0.05, 0) is 12.1 Å². The summed E-state index contributed by atoms with van der Waals surface area (Å²) in [4.78, 5) is 24.8. The quantitative estimate of drug-likeness (QED) is 0.0723. The summed E-state index contributed by atoms with van der Waals surface area (Å²) >= 11 is 0. The molecule has 1 unspecified atom stereocenters. The number of aliphatic hydroxyl groups excluding tert-OH is 7. The van der Waals surface area contributed by atoms with Gasteiger partial charge in [0.05, 0.1) is 18.1 Å². The second-order valence-corrected chi connectivity index (χ2v) is 11.8. The van der Waals surface area contributed by atoms with E-state index in [4.69, 9.17) is 32.8 Å². The van der Waals surface area contributed by atoms with Crippen LogP contribution in [0.3, 0.4) is 0 Å². The van der Waals surface area contributed by atoms with Crippen LogP contribution in [0.1, 0.15) is 6.42 Å². The van der Waals surface area contributed by atoms with E-state index in [-0.39, 0.29) is 33.8 Å². The first-order valence-corrected chi connectivity index (χ1v) is 15.1. The summed E-state index contributed by atoms with van der Waals surface area (Å²) in [5, 5.41) is 105. The molecule has 4 heterocycles. The SMILES string of the molecule is O=C1CC(O)C(=O)OC[C@H]2O[C@@H](Oc3cc(O)cc4[o+]c(-c5ccc(O)c(O)c5)c(cc34)O[C@@H]3O[C@H](CO1)[C@@H](O)[C@H](O)[C@H]3O)[C@H](O)[C@@H](O)[C@@H]2O. The molecule has 2 fully saturated rings. The Bertz CT molecular complexity index is 1750. The van der Waals surface area contributed by atoms with Gasteiger partial charge < -0.3 is 79.5 Å². The van der Waals surface area contributed by atoms with Crippen molar-refractivity contribution in [3.8, 4) is 40.1 Å². The lowest BCUT2D eigenvalue weighted by Crippen LogP contribution is -2.60. The predicted octanol–water partition coefficient (Wildman–Crippen LogP) is -2.28. The van der Waals surface area contributed by atoms with Gasteiger partial charge in [0, 0.05) is 18.2 Å². The maximum atomic E-state index is 12.4. The average molecular weight is 710 g/mol. The van der Waals surface area contributed by atoms with Gasteiger partial charge >= 0.3 is 23.3 Å². The molecule has 11 atom stereocenters. The van der Waals surface area contributed by atoms with Crippen LogP contribution in [-0.4, -0.2) is 144 Å². The minimum atomic E-state index is -2.08. The van der Waals surface area contributed by atoms with Gasteiger partial charge in [0.25, 0.3) is 0 Å². The van der Waals surface area contributed by atoms with Crippen molar-refractivity contribution >= 4 is 22.9 Å². The summed E-state index contributed by atoms with van der Waals surface area (Å²) in [6.07, 6.45) is -21.1. The van der Waals surface area contributed by atoms with Gasteiger partial charge in [0.2, 0.25) is 18.3 Å². The van der Waals surface area contributed by atoms with E-state index in [0.29, 0.717) is 0 Å². The molecule has 0 amide bonds. The van der Waals surface area contributed by atoms with Crippen LogP contribution in [0.2, 0.25) is 0 Å². The molecule has 3 aromatic rings. The summed E-state index contributed by atoms with van der Waals surface area (Å²) in [6.45, 7) is -1.55. The van der Waals surface area contributed by atoms with Gasteiger partial charge in [0.15, 0.2) is 17.6 Å². The molecule has 0 spiro atoms. The van der Waals surface area contributed by atoms with Crippen molar-refractivity contribution in [3.05, 3.63) is 36.4 Å². The number of phenols is 3. The minimum Gasteiger partial charge on any atom is -0.507 e. The van der Waals surface area contributed by atoms with Gasteiger partial charge in [-0.15, -0.1) is 0 Å². The van der Waals surface area contributed by atoms with Crippen LogP contribution in [0.15, 0.2) is 40.8 Å². The molecule has 6 bridgehead atoms. The fourth-order valence-electron chi connectivity index (χ4n) is 5.51. The number of hydrogen-bond acceptors (Lipinski definition) is 18. The molecular formula is C31H33O19+. The van der Waals surface area contributed by atoms with Crippen molar-refractivity contribution in [2.75, 3.05) is 13.2 Å². The molecule has 270 valence electrons. The summed E-state index contributed by atoms with van der Waals surface area (Å²) in [6, 6.07) is 6.99. The van der Waals surface area contributed by atoms with E-state index in [2.05, 4.69) is 0 Å². The normalized spacial score (nSPS) is 33.9. The molecule has 3 aliphatic rings. The molecule has 2 saturated heterocycles. The number of cyclic esters (lactones) is 2. The largest absolute Gasteiger partial charge is 0.507 e. The zero-order valence-electron chi connectivity index (χ0n) is 25.6. The first kappa shape index (κ1) is 35.3. The number of ether oxygens (including phenoxy) is 6. The van der Waals surface area contributed by atoms with Crippen LogP contribution < -0.4 is 9.47 Å². The predicted molar refractivity (Wildman–Crippen MR) is 158 cm³/mol. The van der Waals surface area contributed by atoms with Crippen LogP contribution >= 0.6 is 0 Å². The highest BCUT2D eigenvalue weighted by molar-refractivity contribution is 5.89. The Morgan fingerprint density at radius 2 is 1.24 bits per heavy atom. The Kier molecular flexibility index (Phi) is 9.86. The summed E-state index contributed by atoms with van der Waals surface area (Å²) in [7, 11) is 0. The molecule has 2 aromatic carbocycles. The van der Waals surface area contributed by atoms with E-state index in [9.17, 15) is 60.7 Å². The second kappa shape index (κ2) is 14.0. The van der Waals surface area contributed by atoms with Gasteiger partial charge in [-0.3, -0.25) is 4.79 Å². The summed E-state index contributed by atoms with van der Waals surface area (Å²) < 4.78 is 39.0. The molecule has 19 nitrogen and oxygen atoms in total. The highest BCUT2D eigenvalue weighted by Gasteiger charge is 2.48. The number of fused-ring (bicyclic) bond motifs is 5. The molecule has 0 aliphatic carbocycles. The Hall–Kier alpha value is -4.57. The van der Waals surface area contributed by atoms with Crippen LogP contribution in [0, 0.1) is 0 Å². The van der Waals surface area contributed by atoms with Crippen molar-refractivity contribution < 1.29 is 93.5 Å². The topological polar surface area (TPSA) is 303 Å².